The van der Waals surface area contributed by atoms with Crippen LogP contribution in [-0.4, -0.2) is 33.8 Å². The number of hydrogen-bond acceptors (Lipinski definition) is 5. The summed E-state index contributed by atoms with van der Waals surface area (Å²) in [5.74, 6) is -0.598. The molecule has 1 N–H and O–H groups in total. The molecule has 2 aromatic heterocycles. The van der Waals surface area contributed by atoms with Gasteiger partial charge in [0.1, 0.15) is 9.71 Å². The van der Waals surface area contributed by atoms with E-state index in [-0.39, 0.29) is 10.4 Å². The highest BCUT2D eigenvalue weighted by Crippen LogP contribution is 2.27. The minimum absolute atomic E-state index is 0.146. The number of aromatic nitrogens is 2. The summed E-state index contributed by atoms with van der Waals surface area (Å²) in [6, 6.07) is 0. The molecule has 3 heterocycles. The number of carboxylic acid groups (broad SMARTS) is 1. The van der Waals surface area contributed by atoms with E-state index in [1.807, 2.05) is 0 Å². The largest absolute Gasteiger partial charge is 0.477 e. The Hall–Kier alpha value is -1.73. The van der Waals surface area contributed by atoms with Crippen LogP contribution in [0.25, 0.3) is 10.2 Å². The molecule has 2 aromatic rings. The third kappa shape index (κ3) is 2.58. The predicted octanol–water partition coefficient (Wildman–Crippen LogP) is 1.89. The lowest BCUT2D eigenvalue weighted by atomic mass is 10.0. The molecule has 0 bridgehead atoms. The van der Waals surface area contributed by atoms with Gasteiger partial charge in [-0.3, -0.25) is 9.36 Å². The quantitative estimate of drug-likeness (QED) is 0.936. The lowest BCUT2D eigenvalue weighted by molar-refractivity contribution is 0.0609. The molecule has 0 atom stereocenters. The van der Waals surface area contributed by atoms with Crippen molar-refractivity contribution >= 4 is 27.5 Å². The van der Waals surface area contributed by atoms with Gasteiger partial charge >= 0.3 is 5.97 Å². The number of carbonyl (C=O) groups is 1. The van der Waals surface area contributed by atoms with E-state index in [2.05, 4.69) is 4.98 Å². The molecule has 1 fully saturated rings. The van der Waals surface area contributed by atoms with E-state index in [0.29, 0.717) is 28.2 Å². The minimum atomic E-state index is -1.01. The highest BCUT2D eigenvalue weighted by molar-refractivity contribution is 7.20. The maximum atomic E-state index is 12.6. The molecule has 3 rings (SSSR count). The van der Waals surface area contributed by atoms with Crippen LogP contribution in [0.2, 0.25) is 0 Å². The van der Waals surface area contributed by atoms with Crippen molar-refractivity contribution < 1.29 is 14.6 Å². The molecule has 0 aliphatic carbocycles. The first-order valence-corrected chi connectivity index (χ1v) is 7.69. The average Bonchev–Trinajstić information content (AvgIpc) is 2.81. The van der Waals surface area contributed by atoms with Crippen LogP contribution in [-0.2, 0) is 11.3 Å². The van der Waals surface area contributed by atoms with E-state index in [0.717, 1.165) is 37.4 Å². The Morgan fingerprint density at radius 3 is 2.90 bits per heavy atom. The van der Waals surface area contributed by atoms with Crippen LogP contribution >= 0.6 is 11.3 Å². The van der Waals surface area contributed by atoms with Crippen molar-refractivity contribution in [3.8, 4) is 0 Å². The van der Waals surface area contributed by atoms with Gasteiger partial charge in [0.25, 0.3) is 5.56 Å². The van der Waals surface area contributed by atoms with Gasteiger partial charge in [0.2, 0.25) is 0 Å². The first kappa shape index (κ1) is 14.2. The van der Waals surface area contributed by atoms with Gasteiger partial charge in [0.15, 0.2) is 0 Å². The molecule has 0 amide bonds. The van der Waals surface area contributed by atoms with Crippen molar-refractivity contribution in [2.45, 2.75) is 26.3 Å². The zero-order chi connectivity index (χ0) is 15.0. The Morgan fingerprint density at radius 2 is 2.24 bits per heavy atom. The SMILES string of the molecule is Cc1c(C(=O)O)sc2ncn(CC3CCOCC3)c(=O)c12. The average molecular weight is 308 g/mol. The first-order chi connectivity index (χ1) is 10.1. The number of nitrogens with zero attached hydrogens (tertiary/aromatic N) is 2. The van der Waals surface area contributed by atoms with E-state index < -0.39 is 5.97 Å². The van der Waals surface area contributed by atoms with E-state index in [1.165, 1.54) is 6.33 Å². The van der Waals surface area contributed by atoms with Crippen LogP contribution in [0.4, 0.5) is 0 Å². The number of carboxylic acids is 1. The number of rotatable bonds is 3. The second-order valence-electron chi connectivity index (χ2n) is 5.30. The van der Waals surface area contributed by atoms with Gasteiger partial charge in [-0.2, -0.15) is 0 Å². The Kier molecular flexibility index (Phi) is 3.77. The molecule has 0 spiro atoms. The standard InChI is InChI=1S/C14H16N2O4S/c1-8-10-12(21-11(8)14(18)19)15-7-16(13(10)17)6-9-2-4-20-5-3-9/h7,9H,2-6H2,1H3,(H,18,19). The highest BCUT2D eigenvalue weighted by atomic mass is 32.1. The molecule has 7 heteroatoms. The molecule has 1 aliphatic heterocycles. The van der Waals surface area contributed by atoms with Gasteiger partial charge in [0.05, 0.1) is 11.7 Å². The molecular formula is C14H16N2O4S. The summed E-state index contributed by atoms with van der Waals surface area (Å²) < 4.78 is 6.92. The summed E-state index contributed by atoms with van der Waals surface area (Å²) in [7, 11) is 0. The monoisotopic (exact) mass is 308 g/mol. The smallest absolute Gasteiger partial charge is 0.346 e. The van der Waals surface area contributed by atoms with Gasteiger partial charge in [0, 0.05) is 19.8 Å². The zero-order valence-electron chi connectivity index (χ0n) is 11.7. The molecule has 21 heavy (non-hydrogen) atoms. The van der Waals surface area contributed by atoms with E-state index in [9.17, 15) is 9.59 Å². The third-order valence-corrected chi connectivity index (χ3v) is 5.10. The third-order valence-electron chi connectivity index (χ3n) is 3.91. The molecule has 0 saturated carbocycles. The summed E-state index contributed by atoms with van der Waals surface area (Å²) in [5.41, 5.74) is 0.370. The maximum absolute atomic E-state index is 12.6. The van der Waals surface area contributed by atoms with Crippen LogP contribution < -0.4 is 5.56 Å². The normalized spacial score (nSPS) is 16.4. The number of aromatic carboxylic acids is 1. The second-order valence-corrected chi connectivity index (χ2v) is 6.30. The fourth-order valence-corrected chi connectivity index (χ4v) is 3.68. The van der Waals surface area contributed by atoms with Crippen LogP contribution in [0.1, 0.15) is 28.1 Å². The van der Waals surface area contributed by atoms with Crippen molar-refractivity contribution in [1.29, 1.82) is 0 Å². The lowest BCUT2D eigenvalue weighted by Crippen LogP contribution is -2.27. The summed E-state index contributed by atoms with van der Waals surface area (Å²) in [4.78, 5) is 28.7. The lowest BCUT2D eigenvalue weighted by Gasteiger charge is -2.22. The fraction of sp³-hybridized carbons (Fsp3) is 0.500. The molecule has 1 aliphatic rings. The van der Waals surface area contributed by atoms with Gasteiger partial charge in [-0.25, -0.2) is 9.78 Å². The number of hydrogen-bond donors (Lipinski definition) is 1. The van der Waals surface area contributed by atoms with Crippen molar-refractivity contribution in [3.05, 3.63) is 27.1 Å². The van der Waals surface area contributed by atoms with Gasteiger partial charge in [-0.1, -0.05) is 0 Å². The molecule has 6 nitrogen and oxygen atoms in total. The Balaban J connectivity index is 2.01. The topological polar surface area (TPSA) is 81.4 Å². The molecule has 0 aromatic carbocycles. The summed E-state index contributed by atoms with van der Waals surface area (Å²) >= 11 is 1.06. The maximum Gasteiger partial charge on any atom is 0.346 e. The molecule has 0 unspecified atom stereocenters. The van der Waals surface area contributed by atoms with Crippen molar-refractivity contribution in [2.75, 3.05) is 13.2 Å². The minimum Gasteiger partial charge on any atom is -0.477 e. The van der Waals surface area contributed by atoms with E-state index in [4.69, 9.17) is 9.84 Å². The van der Waals surface area contributed by atoms with E-state index in [1.54, 1.807) is 11.5 Å². The number of aryl methyl sites for hydroxylation is 1. The number of fused-ring (bicyclic) bond motifs is 1. The summed E-state index contributed by atoms with van der Waals surface area (Å²) in [6.45, 7) is 3.75. The Morgan fingerprint density at radius 1 is 1.52 bits per heavy atom. The van der Waals surface area contributed by atoms with Crippen LogP contribution in [0.3, 0.4) is 0 Å². The van der Waals surface area contributed by atoms with Crippen LogP contribution in [0, 0.1) is 12.8 Å². The first-order valence-electron chi connectivity index (χ1n) is 6.87. The Bertz CT molecular complexity index is 743. The van der Waals surface area contributed by atoms with Crippen molar-refractivity contribution in [1.82, 2.24) is 9.55 Å². The molecule has 1 saturated heterocycles. The van der Waals surface area contributed by atoms with Crippen LogP contribution in [0.15, 0.2) is 11.1 Å². The predicted molar refractivity (Wildman–Crippen MR) is 79.1 cm³/mol. The summed E-state index contributed by atoms with van der Waals surface area (Å²) in [5, 5.41) is 9.58. The van der Waals surface area contributed by atoms with Gasteiger partial charge in [-0.05, 0) is 31.2 Å². The number of thiophene rings is 1. The fourth-order valence-electron chi connectivity index (χ4n) is 2.70. The molecular weight excluding hydrogens is 292 g/mol. The Labute approximate surface area is 125 Å². The second kappa shape index (κ2) is 5.57. The molecule has 0 radical (unpaired) electrons. The summed E-state index contributed by atoms with van der Waals surface area (Å²) in [6.07, 6.45) is 3.41. The van der Waals surface area contributed by atoms with E-state index >= 15 is 0 Å². The van der Waals surface area contributed by atoms with Gasteiger partial charge in [-0.15, -0.1) is 11.3 Å². The number of ether oxygens (including phenoxy) is 1. The van der Waals surface area contributed by atoms with Gasteiger partial charge < -0.3 is 9.84 Å². The van der Waals surface area contributed by atoms with Crippen molar-refractivity contribution in [3.63, 3.8) is 0 Å². The highest BCUT2D eigenvalue weighted by Gasteiger charge is 2.20. The van der Waals surface area contributed by atoms with Crippen LogP contribution in [0.5, 0.6) is 0 Å². The van der Waals surface area contributed by atoms with Crippen molar-refractivity contribution in [2.24, 2.45) is 5.92 Å². The zero-order valence-corrected chi connectivity index (χ0v) is 12.5. The molecule has 112 valence electrons.